The van der Waals surface area contributed by atoms with Gasteiger partial charge in [-0.2, -0.15) is 0 Å². The van der Waals surface area contributed by atoms with Gasteiger partial charge in [0.25, 0.3) is 0 Å². The second kappa shape index (κ2) is 5.18. The lowest BCUT2D eigenvalue weighted by Gasteiger charge is -2.18. The lowest BCUT2D eigenvalue weighted by molar-refractivity contribution is 0.0242. The Bertz CT molecular complexity index is 357. The highest BCUT2D eigenvalue weighted by Crippen LogP contribution is 2.20. The van der Waals surface area contributed by atoms with Gasteiger partial charge in [-0.25, -0.2) is 0 Å². The largest absolute Gasteiger partial charge is 0.389 e. The molecule has 1 aromatic carbocycles. The van der Waals surface area contributed by atoms with E-state index in [4.69, 9.17) is 23.7 Å². The molecule has 2 unspecified atom stereocenters. The van der Waals surface area contributed by atoms with Gasteiger partial charge in [0.15, 0.2) is 0 Å². The van der Waals surface area contributed by atoms with Crippen molar-refractivity contribution in [2.75, 3.05) is 6.54 Å². The molecule has 0 fully saturated rings. The molecule has 2 atom stereocenters. The summed E-state index contributed by atoms with van der Waals surface area (Å²) in [5, 5.41) is 19.2. The number of nitrogens with two attached hydrogens (primary N) is 2. The van der Waals surface area contributed by atoms with Crippen molar-refractivity contribution < 1.29 is 10.2 Å². The molecule has 0 aromatic heterocycles. The number of hydrogen-bond acceptors (Lipinski definition) is 4. The van der Waals surface area contributed by atoms with Crippen LogP contribution in [0, 0.1) is 0 Å². The lowest BCUT2D eigenvalue weighted by atomic mass is 9.98. The normalized spacial score (nSPS) is 14.6. The standard InChI is InChI=1S/C10H14N2O2S/c11-5-8(13)9(14)6-3-1-2-4-7(6)10(12)15/h1-4,8-9,13-14H,5,11H2,(H2,12,15). The van der Waals surface area contributed by atoms with Gasteiger partial charge < -0.3 is 21.7 Å². The summed E-state index contributed by atoms with van der Waals surface area (Å²) in [7, 11) is 0. The van der Waals surface area contributed by atoms with Crippen LogP contribution in [0.1, 0.15) is 17.2 Å². The van der Waals surface area contributed by atoms with E-state index in [1.807, 2.05) is 0 Å². The molecule has 4 nitrogen and oxygen atoms in total. The predicted octanol–water partition coefficient (Wildman–Crippen LogP) is -0.326. The van der Waals surface area contributed by atoms with Gasteiger partial charge in [-0.05, 0) is 5.56 Å². The highest BCUT2D eigenvalue weighted by Gasteiger charge is 2.20. The predicted molar refractivity (Wildman–Crippen MR) is 62.4 cm³/mol. The third-order valence-electron chi connectivity index (χ3n) is 2.15. The molecule has 0 radical (unpaired) electrons. The Balaban J connectivity index is 3.07. The van der Waals surface area contributed by atoms with Crippen molar-refractivity contribution in [2.45, 2.75) is 12.2 Å². The third-order valence-corrected chi connectivity index (χ3v) is 2.37. The van der Waals surface area contributed by atoms with Gasteiger partial charge in [-0.1, -0.05) is 36.5 Å². The first-order chi connectivity index (χ1) is 7.07. The van der Waals surface area contributed by atoms with Gasteiger partial charge in [0.05, 0.1) is 6.10 Å². The number of hydrogen-bond donors (Lipinski definition) is 4. The molecule has 5 heteroatoms. The summed E-state index contributed by atoms with van der Waals surface area (Å²) in [5.74, 6) is 0. The van der Waals surface area contributed by atoms with Crippen LogP contribution in [0.3, 0.4) is 0 Å². The molecule has 0 aliphatic rings. The Labute approximate surface area is 93.5 Å². The summed E-state index contributed by atoms with van der Waals surface area (Å²) in [4.78, 5) is 0.189. The van der Waals surface area contributed by atoms with E-state index in [9.17, 15) is 10.2 Å². The SMILES string of the molecule is NCC(O)C(O)c1ccccc1C(N)=S. The Hall–Kier alpha value is -1.01. The van der Waals surface area contributed by atoms with Gasteiger partial charge in [0, 0.05) is 12.1 Å². The first-order valence-electron chi connectivity index (χ1n) is 4.53. The average Bonchev–Trinajstić information content (AvgIpc) is 2.27. The van der Waals surface area contributed by atoms with Crippen molar-refractivity contribution in [1.82, 2.24) is 0 Å². The molecule has 0 aliphatic carbocycles. The molecule has 82 valence electrons. The van der Waals surface area contributed by atoms with Gasteiger partial charge in [0.1, 0.15) is 11.1 Å². The van der Waals surface area contributed by atoms with Crippen LogP contribution >= 0.6 is 12.2 Å². The summed E-state index contributed by atoms with van der Waals surface area (Å²) < 4.78 is 0. The minimum Gasteiger partial charge on any atom is -0.389 e. The molecule has 0 aliphatic heterocycles. The van der Waals surface area contributed by atoms with Crippen LogP contribution in [-0.2, 0) is 0 Å². The second-order valence-electron chi connectivity index (χ2n) is 3.20. The summed E-state index contributed by atoms with van der Waals surface area (Å²) in [6.45, 7) is -0.0210. The molecule has 0 heterocycles. The Morgan fingerprint density at radius 2 is 1.93 bits per heavy atom. The molecule has 0 spiro atoms. The maximum atomic E-state index is 9.77. The van der Waals surface area contributed by atoms with Crippen molar-refractivity contribution in [2.24, 2.45) is 11.5 Å². The molecule has 0 amide bonds. The molecular weight excluding hydrogens is 212 g/mol. The molecular formula is C10H14N2O2S. The van der Waals surface area contributed by atoms with Gasteiger partial charge >= 0.3 is 0 Å². The number of thiocarbonyl (C=S) groups is 1. The van der Waals surface area contributed by atoms with Crippen molar-refractivity contribution in [3.63, 3.8) is 0 Å². The van der Waals surface area contributed by atoms with Crippen LogP contribution in [0.15, 0.2) is 24.3 Å². The molecule has 1 rings (SSSR count). The lowest BCUT2D eigenvalue weighted by Crippen LogP contribution is -2.28. The van der Waals surface area contributed by atoms with Crippen molar-refractivity contribution in [3.8, 4) is 0 Å². The first kappa shape index (κ1) is 12.1. The van der Waals surface area contributed by atoms with Crippen molar-refractivity contribution in [1.29, 1.82) is 0 Å². The van der Waals surface area contributed by atoms with E-state index in [1.54, 1.807) is 24.3 Å². The van der Waals surface area contributed by atoms with Crippen LogP contribution in [0.5, 0.6) is 0 Å². The monoisotopic (exact) mass is 226 g/mol. The number of rotatable bonds is 4. The molecule has 1 aromatic rings. The highest BCUT2D eigenvalue weighted by atomic mass is 32.1. The summed E-state index contributed by atoms with van der Waals surface area (Å²) in [5.41, 5.74) is 11.8. The fourth-order valence-corrected chi connectivity index (χ4v) is 1.50. The quantitative estimate of drug-likeness (QED) is 0.528. The van der Waals surface area contributed by atoms with Crippen LogP contribution in [0.25, 0.3) is 0 Å². The number of aliphatic hydroxyl groups excluding tert-OH is 2. The molecule has 0 bridgehead atoms. The zero-order valence-electron chi connectivity index (χ0n) is 8.13. The van der Waals surface area contributed by atoms with E-state index in [-0.39, 0.29) is 11.5 Å². The van der Waals surface area contributed by atoms with Crippen LogP contribution in [0.2, 0.25) is 0 Å². The highest BCUT2D eigenvalue weighted by molar-refractivity contribution is 7.80. The average molecular weight is 226 g/mol. The van der Waals surface area contributed by atoms with Gasteiger partial charge in [0.2, 0.25) is 0 Å². The Morgan fingerprint density at radius 3 is 2.47 bits per heavy atom. The van der Waals surface area contributed by atoms with E-state index < -0.39 is 12.2 Å². The van der Waals surface area contributed by atoms with Gasteiger partial charge in [-0.3, -0.25) is 0 Å². The van der Waals surface area contributed by atoms with Crippen molar-refractivity contribution >= 4 is 17.2 Å². The topological polar surface area (TPSA) is 92.5 Å². The zero-order chi connectivity index (χ0) is 11.4. The van der Waals surface area contributed by atoms with Crippen molar-refractivity contribution in [3.05, 3.63) is 35.4 Å². The Kier molecular flexibility index (Phi) is 4.16. The first-order valence-corrected chi connectivity index (χ1v) is 4.93. The minimum absolute atomic E-state index is 0.0210. The summed E-state index contributed by atoms with van der Waals surface area (Å²) >= 11 is 4.85. The van der Waals surface area contributed by atoms with E-state index in [2.05, 4.69) is 0 Å². The van der Waals surface area contributed by atoms with Crippen LogP contribution in [-0.4, -0.2) is 27.9 Å². The maximum Gasteiger partial charge on any atom is 0.107 e. The van der Waals surface area contributed by atoms with E-state index in [1.165, 1.54) is 0 Å². The fourth-order valence-electron chi connectivity index (χ4n) is 1.32. The zero-order valence-corrected chi connectivity index (χ0v) is 8.95. The van der Waals surface area contributed by atoms with Crippen LogP contribution < -0.4 is 11.5 Å². The van der Waals surface area contributed by atoms with E-state index in [0.717, 1.165) is 0 Å². The fraction of sp³-hybridized carbons (Fsp3) is 0.300. The number of benzene rings is 1. The second-order valence-corrected chi connectivity index (χ2v) is 3.64. The minimum atomic E-state index is -1.06. The molecule has 0 saturated carbocycles. The summed E-state index contributed by atoms with van der Waals surface area (Å²) in [6.07, 6.45) is -2.08. The molecule has 0 saturated heterocycles. The van der Waals surface area contributed by atoms with E-state index >= 15 is 0 Å². The van der Waals surface area contributed by atoms with Crippen LogP contribution in [0.4, 0.5) is 0 Å². The van der Waals surface area contributed by atoms with E-state index in [0.29, 0.717) is 11.1 Å². The maximum absolute atomic E-state index is 9.77. The third kappa shape index (κ3) is 2.73. The Morgan fingerprint density at radius 1 is 1.33 bits per heavy atom. The molecule has 6 N–H and O–H groups in total. The smallest absolute Gasteiger partial charge is 0.107 e. The number of aliphatic hydroxyl groups is 2. The summed E-state index contributed by atoms with van der Waals surface area (Å²) in [6, 6.07) is 6.87. The molecule has 15 heavy (non-hydrogen) atoms. The van der Waals surface area contributed by atoms with Gasteiger partial charge in [-0.15, -0.1) is 0 Å².